The molecule has 1 atom stereocenters. The van der Waals surface area contributed by atoms with E-state index in [9.17, 15) is 9.59 Å². The van der Waals surface area contributed by atoms with Crippen molar-refractivity contribution in [2.24, 2.45) is 7.05 Å². The van der Waals surface area contributed by atoms with Gasteiger partial charge in [-0.15, -0.1) is 11.3 Å². The van der Waals surface area contributed by atoms with Crippen molar-refractivity contribution >= 4 is 33.4 Å². The van der Waals surface area contributed by atoms with Gasteiger partial charge in [-0.3, -0.25) is 4.79 Å². The highest BCUT2D eigenvalue weighted by molar-refractivity contribution is 7.17. The molecule has 3 rings (SSSR count). The molecule has 0 unspecified atom stereocenters. The van der Waals surface area contributed by atoms with Crippen molar-refractivity contribution in [2.75, 3.05) is 6.54 Å². The van der Waals surface area contributed by atoms with E-state index in [1.807, 2.05) is 48.8 Å². The number of benzene rings is 1. The van der Waals surface area contributed by atoms with Gasteiger partial charge < -0.3 is 14.6 Å². The van der Waals surface area contributed by atoms with E-state index in [0.29, 0.717) is 12.2 Å². The van der Waals surface area contributed by atoms with Gasteiger partial charge >= 0.3 is 5.97 Å². The molecule has 0 radical (unpaired) electrons. The van der Waals surface area contributed by atoms with Gasteiger partial charge in [-0.2, -0.15) is 0 Å². The normalized spacial score (nSPS) is 12.1. The molecule has 2 heterocycles. The number of carbonyl (C=O) groups excluding carboxylic acids is 2. The quantitative estimate of drug-likeness (QED) is 0.690. The Kier molecular flexibility index (Phi) is 5.19. The number of carbonyl (C=O) groups is 2. The van der Waals surface area contributed by atoms with Crippen molar-refractivity contribution in [3.63, 3.8) is 0 Å². The fourth-order valence-corrected chi connectivity index (χ4v) is 3.49. The third-order valence-electron chi connectivity index (χ3n) is 4.08. The Morgan fingerprint density at radius 3 is 2.72 bits per heavy atom. The number of ether oxygens (including phenoxy) is 1. The van der Waals surface area contributed by atoms with E-state index >= 15 is 0 Å². The summed E-state index contributed by atoms with van der Waals surface area (Å²) in [5.41, 5.74) is 2.58. The lowest BCUT2D eigenvalue weighted by Crippen LogP contribution is -2.37. The van der Waals surface area contributed by atoms with Crippen molar-refractivity contribution in [1.29, 1.82) is 0 Å². The summed E-state index contributed by atoms with van der Waals surface area (Å²) in [7, 11) is 1.82. The Balaban J connectivity index is 1.53. The molecule has 1 aromatic carbocycles. The van der Waals surface area contributed by atoms with E-state index < -0.39 is 12.1 Å². The number of fused-ring (bicyclic) bond motifs is 1. The molecule has 1 amide bonds. The van der Waals surface area contributed by atoms with Gasteiger partial charge in [0.05, 0.1) is 10.2 Å². The van der Waals surface area contributed by atoms with Gasteiger partial charge in [0.2, 0.25) is 0 Å². The van der Waals surface area contributed by atoms with Crippen LogP contribution in [0.5, 0.6) is 0 Å². The summed E-state index contributed by atoms with van der Waals surface area (Å²) in [5.74, 6) is -0.781. The topological polar surface area (TPSA) is 60.3 Å². The summed E-state index contributed by atoms with van der Waals surface area (Å²) in [4.78, 5) is 24.4. The highest BCUT2D eigenvalue weighted by atomic mass is 32.1. The minimum atomic E-state index is -0.837. The Morgan fingerprint density at radius 2 is 2.00 bits per heavy atom. The number of aromatic nitrogens is 1. The van der Waals surface area contributed by atoms with Gasteiger partial charge in [0.15, 0.2) is 6.10 Å². The number of nitrogens with one attached hydrogen (secondary N) is 1. The SMILES string of the molecule is C[C@@H](OC(=O)c1cc2sccc2n1C)C(=O)NCCc1ccccc1. The van der Waals surface area contributed by atoms with Crippen LogP contribution in [0.25, 0.3) is 10.2 Å². The van der Waals surface area contributed by atoms with Crippen molar-refractivity contribution in [3.05, 3.63) is 59.1 Å². The molecular formula is C19H20N2O3S. The number of aryl methyl sites for hydroxylation is 1. The Bertz CT molecular complexity index is 883. The second-order valence-electron chi connectivity index (χ2n) is 5.83. The monoisotopic (exact) mass is 356 g/mol. The first kappa shape index (κ1) is 17.2. The number of thiophene rings is 1. The van der Waals surface area contributed by atoms with Gasteiger partial charge in [-0.1, -0.05) is 30.3 Å². The highest BCUT2D eigenvalue weighted by Crippen LogP contribution is 2.24. The summed E-state index contributed by atoms with van der Waals surface area (Å²) in [6.45, 7) is 2.09. The molecule has 3 aromatic rings. The fraction of sp³-hybridized carbons (Fsp3) is 0.263. The molecule has 6 heteroatoms. The Morgan fingerprint density at radius 1 is 1.24 bits per heavy atom. The van der Waals surface area contributed by atoms with Gasteiger partial charge in [0.25, 0.3) is 5.91 Å². The molecule has 0 saturated heterocycles. The molecule has 0 saturated carbocycles. The molecule has 0 aliphatic heterocycles. The number of hydrogen-bond acceptors (Lipinski definition) is 4. The minimum absolute atomic E-state index is 0.291. The molecular weight excluding hydrogens is 336 g/mol. The van der Waals surface area contributed by atoms with Gasteiger partial charge in [0.1, 0.15) is 5.69 Å². The average Bonchev–Trinajstić information content (AvgIpc) is 3.19. The second kappa shape index (κ2) is 7.53. The van der Waals surface area contributed by atoms with Gasteiger partial charge in [-0.25, -0.2) is 4.79 Å². The molecule has 0 bridgehead atoms. The lowest BCUT2D eigenvalue weighted by Gasteiger charge is -2.14. The summed E-state index contributed by atoms with van der Waals surface area (Å²) < 4.78 is 8.12. The zero-order valence-electron chi connectivity index (χ0n) is 14.2. The van der Waals surface area contributed by atoms with Gasteiger partial charge in [-0.05, 0) is 36.4 Å². The summed E-state index contributed by atoms with van der Waals surface area (Å²) in [6.07, 6.45) is -0.0994. The van der Waals surface area contributed by atoms with Crippen LogP contribution in [0.1, 0.15) is 23.0 Å². The van der Waals surface area contributed by atoms with Crippen LogP contribution in [0.15, 0.2) is 47.8 Å². The maximum atomic E-state index is 12.3. The van der Waals surface area contributed by atoms with Crippen molar-refractivity contribution in [2.45, 2.75) is 19.4 Å². The Labute approximate surface area is 150 Å². The third kappa shape index (κ3) is 3.91. The highest BCUT2D eigenvalue weighted by Gasteiger charge is 2.21. The van der Waals surface area contributed by atoms with E-state index in [2.05, 4.69) is 5.32 Å². The van der Waals surface area contributed by atoms with E-state index in [4.69, 9.17) is 4.74 Å². The third-order valence-corrected chi connectivity index (χ3v) is 4.93. The van der Waals surface area contributed by atoms with Crippen LogP contribution in [0.2, 0.25) is 0 Å². The van der Waals surface area contributed by atoms with E-state index in [0.717, 1.165) is 22.2 Å². The fourth-order valence-electron chi connectivity index (χ4n) is 2.64. The smallest absolute Gasteiger partial charge is 0.355 e. The standard InChI is InChI=1S/C19H20N2O3S/c1-13(18(22)20-10-8-14-6-4-3-5-7-14)24-19(23)16-12-17-15(21(16)2)9-11-25-17/h3-7,9,11-13H,8,10H2,1-2H3,(H,20,22)/t13-/m1/s1. The van der Waals surface area contributed by atoms with E-state index in [1.54, 1.807) is 28.9 Å². The molecule has 0 fully saturated rings. The van der Waals surface area contributed by atoms with Crippen LogP contribution >= 0.6 is 11.3 Å². The molecule has 5 nitrogen and oxygen atoms in total. The first-order valence-corrected chi connectivity index (χ1v) is 9.00. The van der Waals surface area contributed by atoms with Crippen LogP contribution in [-0.4, -0.2) is 29.1 Å². The molecule has 1 N–H and O–H groups in total. The van der Waals surface area contributed by atoms with Crippen molar-refractivity contribution in [3.8, 4) is 0 Å². The predicted molar refractivity (Wildman–Crippen MR) is 98.8 cm³/mol. The number of amides is 1. The van der Waals surface area contributed by atoms with Crippen LogP contribution in [0.4, 0.5) is 0 Å². The molecule has 130 valence electrons. The summed E-state index contributed by atoms with van der Waals surface area (Å²) in [6, 6.07) is 13.7. The Hall–Kier alpha value is -2.60. The minimum Gasteiger partial charge on any atom is -0.448 e. The molecule has 0 spiro atoms. The predicted octanol–water partition coefficient (Wildman–Crippen LogP) is 3.14. The second-order valence-corrected chi connectivity index (χ2v) is 6.78. The molecule has 0 aliphatic carbocycles. The lowest BCUT2D eigenvalue weighted by molar-refractivity contribution is -0.129. The van der Waals surface area contributed by atoms with Crippen molar-refractivity contribution < 1.29 is 14.3 Å². The zero-order valence-corrected chi connectivity index (χ0v) is 15.0. The van der Waals surface area contributed by atoms with E-state index in [1.165, 1.54) is 0 Å². The maximum absolute atomic E-state index is 12.3. The number of hydrogen-bond donors (Lipinski definition) is 1. The van der Waals surface area contributed by atoms with Crippen LogP contribution in [0, 0.1) is 0 Å². The first-order chi connectivity index (χ1) is 12.1. The lowest BCUT2D eigenvalue weighted by atomic mass is 10.1. The largest absolute Gasteiger partial charge is 0.448 e. The average molecular weight is 356 g/mol. The molecule has 2 aromatic heterocycles. The van der Waals surface area contributed by atoms with E-state index in [-0.39, 0.29) is 5.91 Å². The van der Waals surface area contributed by atoms with Crippen LogP contribution < -0.4 is 5.32 Å². The first-order valence-electron chi connectivity index (χ1n) is 8.12. The number of esters is 1. The summed E-state index contributed by atoms with van der Waals surface area (Å²) >= 11 is 1.57. The van der Waals surface area contributed by atoms with Gasteiger partial charge in [0, 0.05) is 13.6 Å². The molecule has 25 heavy (non-hydrogen) atoms. The van der Waals surface area contributed by atoms with Crippen LogP contribution in [-0.2, 0) is 23.0 Å². The van der Waals surface area contributed by atoms with Crippen LogP contribution in [0.3, 0.4) is 0 Å². The number of nitrogens with zero attached hydrogens (tertiary/aromatic N) is 1. The number of rotatable bonds is 6. The maximum Gasteiger partial charge on any atom is 0.355 e. The zero-order chi connectivity index (χ0) is 17.8. The molecule has 0 aliphatic rings. The summed E-state index contributed by atoms with van der Waals surface area (Å²) in [5, 5.41) is 4.78. The van der Waals surface area contributed by atoms with Crippen molar-refractivity contribution in [1.82, 2.24) is 9.88 Å².